The van der Waals surface area contributed by atoms with Gasteiger partial charge in [-0.05, 0) is 51.0 Å². The highest BCUT2D eigenvalue weighted by molar-refractivity contribution is 5.94. The van der Waals surface area contributed by atoms with Gasteiger partial charge in [-0.25, -0.2) is 27.5 Å². The van der Waals surface area contributed by atoms with Gasteiger partial charge >= 0.3 is 0 Å². The van der Waals surface area contributed by atoms with Gasteiger partial charge in [0.15, 0.2) is 5.75 Å². The quantitative estimate of drug-likeness (QED) is 0.472. The molecule has 4 rings (SSSR count). The van der Waals surface area contributed by atoms with Gasteiger partial charge in [-0.3, -0.25) is 9.20 Å². The van der Waals surface area contributed by atoms with E-state index in [1.165, 1.54) is 18.3 Å². The molecule has 0 aromatic carbocycles. The lowest BCUT2D eigenvalue weighted by Crippen LogP contribution is -2.50. The lowest BCUT2D eigenvalue weighted by Gasteiger charge is -2.37. The zero-order valence-electron chi connectivity index (χ0n) is 18.7. The maximum atomic E-state index is 13.5. The summed E-state index contributed by atoms with van der Waals surface area (Å²) in [7, 11) is 0. The predicted octanol–water partition coefficient (Wildman–Crippen LogP) is 5.17. The van der Waals surface area contributed by atoms with Crippen LogP contribution in [-0.4, -0.2) is 44.8 Å². The van der Waals surface area contributed by atoms with E-state index < -0.39 is 30.4 Å². The summed E-state index contributed by atoms with van der Waals surface area (Å²) < 4.78 is 64.5. The molecule has 1 aliphatic rings. The normalized spacial score (nSPS) is 17.0. The van der Waals surface area contributed by atoms with Crippen LogP contribution in [0.15, 0.2) is 36.7 Å². The topological polar surface area (TPSA) is 77.8 Å². The standard InChI is InChI=1S/C23H24F4N4O3/c1-14-19(20(32)30-22(2)7-9-23(26,27)10-8-22)29-18-6-5-15(12-31(14)18)34-21-16(4-3-11-28-21)33-13-17(24)25/h3-6,11-12,17H,7-10,13H2,1-2H3,(H,30,32). The molecule has 3 aromatic rings. The summed E-state index contributed by atoms with van der Waals surface area (Å²) in [6.07, 6.45) is 0.191. The highest BCUT2D eigenvalue weighted by Gasteiger charge is 2.41. The monoisotopic (exact) mass is 480 g/mol. The van der Waals surface area contributed by atoms with Crippen molar-refractivity contribution in [1.29, 1.82) is 0 Å². The number of ether oxygens (including phenoxy) is 2. The molecule has 0 bridgehead atoms. The van der Waals surface area contributed by atoms with Crippen LogP contribution in [0.25, 0.3) is 5.65 Å². The van der Waals surface area contributed by atoms with Crippen LogP contribution in [0.1, 0.15) is 48.8 Å². The third kappa shape index (κ3) is 5.23. The number of rotatable bonds is 7. The molecule has 1 amide bonds. The first-order valence-electron chi connectivity index (χ1n) is 10.8. The molecule has 0 unspecified atom stereocenters. The van der Waals surface area contributed by atoms with Crippen LogP contribution in [0.4, 0.5) is 17.6 Å². The van der Waals surface area contributed by atoms with Crippen LogP contribution < -0.4 is 14.8 Å². The number of hydrogen-bond donors (Lipinski definition) is 1. The van der Waals surface area contributed by atoms with Gasteiger partial charge in [-0.2, -0.15) is 0 Å². The van der Waals surface area contributed by atoms with Crippen LogP contribution in [0.3, 0.4) is 0 Å². The minimum Gasteiger partial charge on any atom is -0.482 e. The fourth-order valence-electron chi connectivity index (χ4n) is 3.87. The summed E-state index contributed by atoms with van der Waals surface area (Å²) in [6.45, 7) is 2.67. The van der Waals surface area contributed by atoms with Gasteiger partial charge < -0.3 is 14.8 Å². The second-order valence-corrected chi connectivity index (χ2v) is 8.62. The Kier molecular flexibility index (Phi) is 6.37. The Labute approximate surface area is 193 Å². The van der Waals surface area contributed by atoms with Gasteiger partial charge in [-0.15, -0.1) is 0 Å². The van der Waals surface area contributed by atoms with Gasteiger partial charge in [0.2, 0.25) is 5.92 Å². The maximum absolute atomic E-state index is 13.5. The van der Waals surface area contributed by atoms with Crippen molar-refractivity contribution >= 4 is 11.6 Å². The number of amides is 1. The van der Waals surface area contributed by atoms with Gasteiger partial charge in [0.25, 0.3) is 18.2 Å². The van der Waals surface area contributed by atoms with E-state index in [0.717, 1.165) is 0 Å². The minimum atomic E-state index is -2.70. The number of carbonyl (C=O) groups excluding carboxylic acids is 1. The SMILES string of the molecule is Cc1c(C(=O)NC2(C)CCC(F)(F)CC2)nc2ccc(Oc3ncccc3OCC(F)F)cn12. The molecule has 0 spiro atoms. The third-order valence-electron chi connectivity index (χ3n) is 5.86. The second kappa shape index (κ2) is 9.11. The Morgan fingerprint density at radius 2 is 1.94 bits per heavy atom. The van der Waals surface area contributed by atoms with Crippen molar-refractivity contribution < 1.29 is 31.8 Å². The van der Waals surface area contributed by atoms with Gasteiger partial charge in [0.1, 0.15) is 23.7 Å². The summed E-state index contributed by atoms with van der Waals surface area (Å²) >= 11 is 0. The van der Waals surface area contributed by atoms with E-state index in [4.69, 9.17) is 9.47 Å². The minimum absolute atomic E-state index is 0.0141. The number of halogens is 4. The number of imidazole rings is 1. The number of alkyl halides is 4. The number of aryl methyl sites for hydroxylation is 1. The molecular formula is C23H24F4N4O3. The van der Waals surface area contributed by atoms with Gasteiger partial charge in [0.05, 0.1) is 11.9 Å². The Hall–Kier alpha value is -3.37. The van der Waals surface area contributed by atoms with E-state index in [1.54, 1.807) is 36.6 Å². The van der Waals surface area contributed by atoms with Crippen molar-refractivity contribution in [2.45, 2.75) is 57.4 Å². The number of pyridine rings is 2. The van der Waals surface area contributed by atoms with Crippen molar-refractivity contribution in [3.05, 3.63) is 48.0 Å². The molecular weight excluding hydrogens is 456 g/mol. The molecule has 7 nitrogen and oxygen atoms in total. The first-order chi connectivity index (χ1) is 16.1. The van der Waals surface area contributed by atoms with E-state index >= 15 is 0 Å². The highest BCUT2D eigenvalue weighted by atomic mass is 19.3. The molecule has 1 aliphatic carbocycles. The fourth-order valence-corrected chi connectivity index (χ4v) is 3.87. The zero-order valence-corrected chi connectivity index (χ0v) is 18.7. The van der Waals surface area contributed by atoms with Crippen molar-refractivity contribution in [1.82, 2.24) is 19.7 Å². The molecule has 1 saturated carbocycles. The number of nitrogens with one attached hydrogen (secondary N) is 1. The summed E-state index contributed by atoms with van der Waals surface area (Å²) in [5, 5.41) is 2.87. The first kappa shape index (κ1) is 23.8. The van der Waals surface area contributed by atoms with Crippen LogP contribution in [0.5, 0.6) is 17.4 Å². The second-order valence-electron chi connectivity index (χ2n) is 8.62. The summed E-state index contributed by atoms with van der Waals surface area (Å²) in [6, 6.07) is 6.23. The van der Waals surface area contributed by atoms with Crippen LogP contribution >= 0.6 is 0 Å². The van der Waals surface area contributed by atoms with E-state index in [9.17, 15) is 22.4 Å². The smallest absolute Gasteiger partial charge is 0.272 e. The summed E-state index contributed by atoms with van der Waals surface area (Å²) in [4.78, 5) is 21.3. The molecule has 0 atom stereocenters. The van der Waals surface area contributed by atoms with Gasteiger partial charge in [0, 0.05) is 24.6 Å². The fraction of sp³-hybridized carbons (Fsp3) is 0.435. The zero-order chi connectivity index (χ0) is 24.5. The van der Waals surface area contributed by atoms with Crippen molar-refractivity contribution in [2.24, 2.45) is 0 Å². The number of carbonyl (C=O) groups is 1. The predicted molar refractivity (Wildman–Crippen MR) is 115 cm³/mol. The Morgan fingerprint density at radius 1 is 1.21 bits per heavy atom. The largest absolute Gasteiger partial charge is 0.482 e. The molecule has 3 heterocycles. The third-order valence-corrected chi connectivity index (χ3v) is 5.86. The average molecular weight is 480 g/mol. The van der Waals surface area contributed by atoms with Crippen molar-refractivity contribution in [2.75, 3.05) is 6.61 Å². The summed E-state index contributed by atoms with van der Waals surface area (Å²) in [5.74, 6) is -2.74. The Bertz CT molecular complexity index is 1190. The lowest BCUT2D eigenvalue weighted by molar-refractivity contribution is -0.0522. The highest BCUT2D eigenvalue weighted by Crippen LogP contribution is 2.38. The molecule has 1 fully saturated rings. The number of nitrogens with zero attached hydrogens (tertiary/aromatic N) is 3. The molecule has 182 valence electrons. The molecule has 0 aliphatic heterocycles. The van der Waals surface area contributed by atoms with E-state index in [0.29, 0.717) is 17.1 Å². The lowest BCUT2D eigenvalue weighted by atomic mass is 9.81. The maximum Gasteiger partial charge on any atom is 0.272 e. The molecule has 11 heteroatoms. The first-order valence-corrected chi connectivity index (χ1v) is 10.8. The number of fused-ring (bicyclic) bond motifs is 1. The number of aromatic nitrogens is 3. The summed E-state index contributed by atoms with van der Waals surface area (Å²) in [5.41, 5.74) is 0.445. The van der Waals surface area contributed by atoms with Crippen molar-refractivity contribution in [3.63, 3.8) is 0 Å². The Balaban J connectivity index is 1.53. The van der Waals surface area contributed by atoms with Crippen LogP contribution in [0.2, 0.25) is 0 Å². The van der Waals surface area contributed by atoms with Gasteiger partial charge in [-0.1, -0.05) is 0 Å². The average Bonchev–Trinajstić information content (AvgIpc) is 3.12. The van der Waals surface area contributed by atoms with E-state index in [-0.39, 0.29) is 43.0 Å². The van der Waals surface area contributed by atoms with Crippen LogP contribution in [0, 0.1) is 6.92 Å². The molecule has 0 radical (unpaired) electrons. The van der Waals surface area contributed by atoms with E-state index in [1.807, 2.05) is 0 Å². The van der Waals surface area contributed by atoms with Crippen molar-refractivity contribution in [3.8, 4) is 17.4 Å². The van der Waals surface area contributed by atoms with Crippen LogP contribution in [-0.2, 0) is 0 Å². The molecule has 34 heavy (non-hydrogen) atoms. The molecule has 0 saturated heterocycles. The van der Waals surface area contributed by atoms with E-state index in [2.05, 4.69) is 15.3 Å². The molecule has 1 N–H and O–H groups in total. The molecule has 3 aromatic heterocycles. The number of hydrogen-bond acceptors (Lipinski definition) is 5. The Morgan fingerprint density at radius 3 is 2.65 bits per heavy atom.